The minimum absolute atomic E-state index is 0.128. The summed E-state index contributed by atoms with van der Waals surface area (Å²) in [5.41, 5.74) is 1.18. The molecule has 0 bridgehead atoms. The first-order valence-electron chi connectivity index (χ1n) is 7.31. The van der Waals surface area contributed by atoms with Gasteiger partial charge in [0.25, 0.3) is 0 Å². The minimum atomic E-state index is 0.128. The first kappa shape index (κ1) is 16.4. The van der Waals surface area contributed by atoms with Crippen LogP contribution in [0.25, 0.3) is 0 Å². The van der Waals surface area contributed by atoms with Gasteiger partial charge in [-0.15, -0.1) is 0 Å². The lowest BCUT2D eigenvalue weighted by molar-refractivity contribution is -0.130. The van der Waals surface area contributed by atoms with Crippen molar-refractivity contribution in [2.75, 3.05) is 20.2 Å². The van der Waals surface area contributed by atoms with Gasteiger partial charge in [0, 0.05) is 18.5 Å². The molecule has 0 aromatic heterocycles. The van der Waals surface area contributed by atoms with Crippen molar-refractivity contribution < 1.29 is 9.53 Å². The van der Waals surface area contributed by atoms with E-state index in [9.17, 15) is 4.79 Å². The fraction of sp³-hybridized carbons (Fsp3) is 0.278. The highest BCUT2D eigenvalue weighted by atomic mass is 35.5. The zero-order valence-electron chi connectivity index (χ0n) is 12.7. The van der Waals surface area contributed by atoms with E-state index in [0.717, 1.165) is 12.2 Å². The third-order valence-electron chi connectivity index (χ3n) is 3.41. The van der Waals surface area contributed by atoms with E-state index in [0.29, 0.717) is 24.6 Å². The molecule has 2 rings (SSSR count). The number of benzene rings is 2. The van der Waals surface area contributed by atoms with Crippen LogP contribution < -0.4 is 4.74 Å². The van der Waals surface area contributed by atoms with Crippen LogP contribution in [0.5, 0.6) is 5.75 Å². The monoisotopic (exact) mass is 317 g/mol. The fourth-order valence-corrected chi connectivity index (χ4v) is 2.17. The Balaban J connectivity index is 1.69. The summed E-state index contributed by atoms with van der Waals surface area (Å²) in [5.74, 6) is 0.887. The number of carbonyl (C=O) groups is 1. The zero-order valence-corrected chi connectivity index (χ0v) is 13.4. The van der Waals surface area contributed by atoms with Crippen molar-refractivity contribution in [1.29, 1.82) is 0 Å². The molecular weight excluding hydrogens is 298 g/mol. The summed E-state index contributed by atoms with van der Waals surface area (Å²) in [5, 5.41) is 0.681. The first-order chi connectivity index (χ1) is 10.6. The van der Waals surface area contributed by atoms with E-state index >= 15 is 0 Å². The van der Waals surface area contributed by atoms with Gasteiger partial charge in [0.05, 0.1) is 6.54 Å². The molecule has 0 atom stereocenters. The van der Waals surface area contributed by atoms with E-state index in [1.54, 1.807) is 24.1 Å². The molecule has 0 radical (unpaired) electrons. The van der Waals surface area contributed by atoms with E-state index < -0.39 is 0 Å². The molecular formula is C18H20ClNO2. The molecule has 0 aliphatic rings. The maximum Gasteiger partial charge on any atom is 0.222 e. The van der Waals surface area contributed by atoms with Crippen LogP contribution in [-0.4, -0.2) is 31.0 Å². The number of likely N-dealkylation sites (N-methyl/N-ethyl adjacent to an activating group) is 1. The Morgan fingerprint density at radius 2 is 1.77 bits per heavy atom. The molecule has 2 aromatic carbocycles. The summed E-state index contributed by atoms with van der Waals surface area (Å²) >= 11 is 5.81. The van der Waals surface area contributed by atoms with Crippen LogP contribution in [0.3, 0.4) is 0 Å². The summed E-state index contributed by atoms with van der Waals surface area (Å²) < 4.78 is 5.59. The number of halogens is 1. The van der Waals surface area contributed by atoms with Crippen LogP contribution >= 0.6 is 11.6 Å². The number of aryl methyl sites for hydroxylation is 1. The highest BCUT2D eigenvalue weighted by Gasteiger charge is 2.08. The minimum Gasteiger partial charge on any atom is -0.492 e. The molecule has 2 aromatic rings. The average Bonchev–Trinajstić information content (AvgIpc) is 2.55. The molecule has 0 unspecified atom stereocenters. The second-order valence-corrected chi connectivity index (χ2v) is 5.54. The Morgan fingerprint density at radius 1 is 1.09 bits per heavy atom. The van der Waals surface area contributed by atoms with Gasteiger partial charge in [0.1, 0.15) is 12.4 Å². The number of nitrogens with zero attached hydrogens (tertiary/aromatic N) is 1. The molecule has 4 heteroatoms. The van der Waals surface area contributed by atoms with Gasteiger partial charge >= 0.3 is 0 Å². The lowest BCUT2D eigenvalue weighted by atomic mass is 10.1. The average molecular weight is 318 g/mol. The smallest absolute Gasteiger partial charge is 0.222 e. The second-order valence-electron chi connectivity index (χ2n) is 5.10. The largest absolute Gasteiger partial charge is 0.492 e. The van der Waals surface area contributed by atoms with Crippen molar-refractivity contribution in [3.8, 4) is 5.75 Å². The molecule has 0 N–H and O–H groups in total. The number of hydrogen-bond donors (Lipinski definition) is 0. The number of ether oxygens (including phenoxy) is 1. The van der Waals surface area contributed by atoms with Gasteiger partial charge in [-0.3, -0.25) is 4.79 Å². The van der Waals surface area contributed by atoms with E-state index in [1.165, 1.54) is 5.56 Å². The molecule has 22 heavy (non-hydrogen) atoms. The number of hydrogen-bond acceptors (Lipinski definition) is 2. The summed E-state index contributed by atoms with van der Waals surface area (Å²) in [6.07, 6.45) is 1.28. The third-order valence-corrected chi connectivity index (χ3v) is 3.66. The van der Waals surface area contributed by atoms with Gasteiger partial charge in [-0.2, -0.15) is 0 Å². The SMILES string of the molecule is CN(CCOc1ccc(Cl)cc1)C(=O)CCc1ccccc1. The summed E-state index contributed by atoms with van der Waals surface area (Å²) in [6.45, 7) is 1.03. The molecule has 3 nitrogen and oxygen atoms in total. The third kappa shape index (κ3) is 5.41. The van der Waals surface area contributed by atoms with Crippen LogP contribution in [0, 0.1) is 0 Å². The van der Waals surface area contributed by atoms with E-state index in [-0.39, 0.29) is 5.91 Å². The Morgan fingerprint density at radius 3 is 2.45 bits per heavy atom. The molecule has 1 amide bonds. The highest BCUT2D eigenvalue weighted by Crippen LogP contribution is 2.15. The molecule has 0 saturated carbocycles. The van der Waals surface area contributed by atoms with Gasteiger partial charge in [-0.1, -0.05) is 41.9 Å². The van der Waals surface area contributed by atoms with Crippen LogP contribution in [0.1, 0.15) is 12.0 Å². The molecule has 116 valence electrons. The molecule has 0 aliphatic heterocycles. The molecule has 0 fully saturated rings. The fourth-order valence-electron chi connectivity index (χ4n) is 2.04. The number of carbonyl (C=O) groups excluding carboxylic acids is 1. The number of rotatable bonds is 7. The first-order valence-corrected chi connectivity index (χ1v) is 7.69. The van der Waals surface area contributed by atoms with Gasteiger partial charge in [0.15, 0.2) is 0 Å². The van der Waals surface area contributed by atoms with Crippen molar-refractivity contribution in [3.05, 3.63) is 65.2 Å². The summed E-state index contributed by atoms with van der Waals surface area (Å²) in [4.78, 5) is 13.8. The van der Waals surface area contributed by atoms with Crippen LogP contribution in [0.2, 0.25) is 5.02 Å². The maximum atomic E-state index is 12.1. The molecule has 0 spiro atoms. The molecule has 0 heterocycles. The standard InChI is InChI=1S/C18H20ClNO2/c1-20(13-14-22-17-10-8-16(19)9-11-17)18(21)12-7-15-5-3-2-4-6-15/h2-6,8-11H,7,12-14H2,1H3. The Labute approximate surface area is 136 Å². The topological polar surface area (TPSA) is 29.5 Å². The van der Waals surface area contributed by atoms with Crippen molar-refractivity contribution >= 4 is 17.5 Å². The normalized spacial score (nSPS) is 10.3. The second kappa shape index (κ2) is 8.44. The predicted molar refractivity (Wildman–Crippen MR) is 89.3 cm³/mol. The van der Waals surface area contributed by atoms with Crippen LogP contribution in [-0.2, 0) is 11.2 Å². The van der Waals surface area contributed by atoms with Gasteiger partial charge in [-0.25, -0.2) is 0 Å². The van der Waals surface area contributed by atoms with Gasteiger partial charge < -0.3 is 9.64 Å². The van der Waals surface area contributed by atoms with E-state index in [2.05, 4.69) is 0 Å². The highest BCUT2D eigenvalue weighted by molar-refractivity contribution is 6.30. The number of amides is 1. The van der Waals surface area contributed by atoms with Crippen LogP contribution in [0.15, 0.2) is 54.6 Å². The van der Waals surface area contributed by atoms with Crippen molar-refractivity contribution in [3.63, 3.8) is 0 Å². The zero-order chi connectivity index (χ0) is 15.8. The van der Waals surface area contributed by atoms with Gasteiger partial charge in [-0.05, 0) is 36.2 Å². The lowest BCUT2D eigenvalue weighted by Gasteiger charge is -2.17. The van der Waals surface area contributed by atoms with Gasteiger partial charge in [0.2, 0.25) is 5.91 Å². The molecule has 0 saturated heterocycles. The Bertz CT molecular complexity index is 584. The summed E-state index contributed by atoms with van der Waals surface area (Å²) in [6, 6.07) is 17.2. The maximum absolute atomic E-state index is 12.1. The molecule has 0 aliphatic carbocycles. The van der Waals surface area contributed by atoms with E-state index in [1.807, 2.05) is 42.5 Å². The lowest BCUT2D eigenvalue weighted by Crippen LogP contribution is -2.31. The Kier molecular flexibility index (Phi) is 6.28. The van der Waals surface area contributed by atoms with E-state index in [4.69, 9.17) is 16.3 Å². The summed E-state index contributed by atoms with van der Waals surface area (Å²) in [7, 11) is 1.80. The van der Waals surface area contributed by atoms with Crippen molar-refractivity contribution in [1.82, 2.24) is 4.90 Å². The quantitative estimate of drug-likeness (QED) is 0.777. The van der Waals surface area contributed by atoms with Crippen molar-refractivity contribution in [2.45, 2.75) is 12.8 Å². The Hall–Kier alpha value is -2.00. The predicted octanol–water partition coefficient (Wildman–Crippen LogP) is 3.81. The van der Waals surface area contributed by atoms with Crippen molar-refractivity contribution in [2.24, 2.45) is 0 Å². The van der Waals surface area contributed by atoms with Crippen LogP contribution in [0.4, 0.5) is 0 Å².